The van der Waals surface area contributed by atoms with Crippen LogP contribution in [0.4, 0.5) is 0 Å². The first-order valence-electron chi connectivity index (χ1n) is 7.66. The van der Waals surface area contributed by atoms with Crippen molar-refractivity contribution in [2.24, 2.45) is 0 Å². The summed E-state index contributed by atoms with van der Waals surface area (Å²) in [5, 5.41) is 0. The fourth-order valence-corrected chi connectivity index (χ4v) is 4.76. The van der Waals surface area contributed by atoms with Crippen LogP contribution in [0.2, 0.25) is 0 Å². The average Bonchev–Trinajstić information content (AvgIpc) is 3.25. The van der Waals surface area contributed by atoms with Gasteiger partial charge in [-0.05, 0) is 51.6 Å². The number of rotatable bonds is 4. The fraction of sp³-hybridized carbons (Fsp3) is 1.00. The van der Waals surface area contributed by atoms with Crippen LogP contribution in [-0.2, 0) is 10.2 Å². The van der Waals surface area contributed by atoms with Crippen molar-refractivity contribution in [2.75, 3.05) is 26.2 Å². The molecule has 3 fully saturated rings. The van der Waals surface area contributed by atoms with Crippen LogP contribution in [0.15, 0.2) is 0 Å². The third-order valence-corrected chi connectivity index (χ3v) is 6.24. The molecule has 0 amide bonds. The maximum Gasteiger partial charge on any atom is 0.279 e. The second-order valence-electron chi connectivity index (χ2n) is 6.12. The number of hydrogen-bond acceptors (Lipinski definition) is 3. The normalized spacial score (nSPS) is 28.6. The minimum Gasteiger partial charge on any atom is -0.300 e. The van der Waals surface area contributed by atoms with E-state index in [-0.39, 0.29) is 6.04 Å². The smallest absolute Gasteiger partial charge is 0.279 e. The molecule has 3 aliphatic rings. The summed E-state index contributed by atoms with van der Waals surface area (Å²) in [6.07, 6.45) is 7.76. The van der Waals surface area contributed by atoms with Crippen LogP contribution >= 0.6 is 0 Å². The molecule has 0 aromatic carbocycles. The van der Waals surface area contributed by atoms with Gasteiger partial charge in [0.25, 0.3) is 10.2 Å². The number of hydrogen-bond donors (Lipinski definition) is 1. The molecular formula is C13H25N3O2S. The molecule has 0 spiro atoms. The van der Waals surface area contributed by atoms with Gasteiger partial charge in [0.05, 0.1) is 0 Å². The molecule has 2 heterocycles. The van der Waals surface area contributed by atoms with Gasteiger partial charge in [-0.2, -0.15) is 17.4 Å². The molecule has 0 radical (unpaired) electrons. The first-order valence-corrected chi connectivity index (χ1v) is 9.10. The van der Waals surface area contributed by atoms with Crippen molar-refractivity contribution in [1.82, 2.24) is 13.9 Å². The van der Waals surface area contributed by atoms with E-state index < -0.39 is 10.2 Å². The van der Waals surface area contributed by atoms with Crippen molar-refractivity contribution < 1.29 is 8.42 Å². The summed E-state index contributed by atoms with van der Waals surface area (Å²) in [5.41, 5.74) is 0. The molecule has 2 saturated heterocycles. The first kappa shape index (κ1) is 13.8. The van der Waals surface area contributed by atoms with E-state index in [2.05, 4.69) is 9.62 Å². The molecule has 19 heavy (non-hydrogen) atoms. The highest BCUT2D eigenvalue weighted by Gasteiger charge is 2.33. The molecular weight excluding hydrogens is 262 g/mol. The summed E-state index contributed by atoms with van der Waals surface area (Å²) in [4.78, 5) is 2.52. The van der Waals surface area contributed by atoms with E-state index in [0.717, 1.165) is 51.2 Å². The van der Waals surface area contributed by atoms with Crippen molar-refractivity contribution in [3.8, 4) is 0 Å². The largest absolute Gasteiger partial charge is 0.300 e. The van der Waals surface area contributed by atoms with Crippen LogP contribution in [0.1, 0.15) is 44.9 Å². The number of nitrogens with one attached hydrogen (secondary N) is 1. The van der Waals surface area contributed by atoms with Gasteiger partial charge in [0.15, 0.2) is 0 Å². The summed E-state index contributed by atoms with van der Waals surface area (Å²) in [5.74, 6) is 0. The summed E-state index contributed by atoms with van der Waals surface area (Å²) in [6, 6.07) is 0.946. The molecule has 5 nitrogen and oxygen atoms in total. The summed E-state index contributed by atoms with van der Waals surface area (Å²) < 4.78 is 29.1. The predicted molar refractivity (Wildman–Crippen MR) is 75.1 cm³/mol. The van der Waals surface area contributed by atoms with E-state index in [1.54, 1.807) is 4.31 Å². The van der Waals surface area contributed by atoms with Gasteiger partial charge in [0, 0.05) is 25.2 Å². The summed E-state index contributed by atoms with van der Waals surface area (Å²) in [7, 11) is -3.24. The Bertz CT molecular complexity index is 394. The third kappa shape index (κ3) is 3.48. The Kier molecular flexibility index (Phi) is 4.12. The number of piperidine rings is 2. The molecule has 110 valence electrons. The van der Waals surface area contributed by atoms with Crippen LogP contribution in [0.3, 0.4) is 0 Å². The SMILES string of the molecule is O=S(=O)(NC1CCN(C2CC2)CC1)N1CCCCC1. The maximum absolute atomic E-state index is 12.3. The number of likely N-dealkylation sites (tertiary alicyclic amines) is 1. The highest BCUT2D eigenvalue weighted by molar-refractivity contribution is 7.87. The maximum atomic E-state index is 12.3. The molecule has 1 aliphatic carbocycles. The second kappa shape index (κ2) is 5.68. The van der Waals surface area contributed by atoms with E-state index in [1.165, 1.54) is 12.8 Å². The fourth-order valence-electron chi connectivity index (χ4n) is 3.21. The van der Waals surface area contributed by atoms with Crippen molar-refractivity contribution >= 4 is 10.2 Å². The Morgan fingerprint density at radius 1 is 0.842 bits per heavy atom. The Morgan fingerprint density at radius 2 is 1.47 bits per heavy atom. The van der Waals surface area contributed by atoms with Gasteiger partial charge in [-0.25, -0.2) is 0 Å². The minimum absolute atomic E-state index is 0.141. The van der Waals surface area contributed by atoms with Crippen LogP contribution < -0.4 is 4.72 Å². The molecule has 0 aromatic heterocycles. The average molecular weight is 287 g/mol. The van der Waals surface area contributed by atoms with Crippen molar-refractivity contribution in [3.05, 3.63) is 0 Å². The van der Waals surface area contributed by atoms with E-state index >= 15 is 0 Å². The summed E-state index contributed by atoms with van der Waals surface area (Å²) in [6.45, 7) is 3.49. The van der Waals surface area contributed by atoms with Gasteiger partial charge < -0.3 is 4.90 Å². The first-order chi connectivity index (χ1) is 9.15. The van der Waals surface area contributed by atoms with Gasteiger partial charge >= 0.3 is 0 Å². The molecule has 0 atom stereocenters. The van der Waals surface area contributed by atoms with Crippen LogP contribution in [0.25, 0.3) is 0 Å². The predicted octanol–water partition coefficient (Wildman–Crippen LogP) is 0.933. The van der Waals surface area contributed by atoms with Gasteiger partial charge in [-0.15, -0.1) is 0 Å². The number of nitrogens with zero attached hydrogens (tertiary/aromatic N) is 2. The van der Waals surface area contributed by atoms with Crippen molar-refractivity contribution in [3.63, 3.8) is 0 Å². The molecule has 2 aliphatic heterocycles. The Hall–Kier alpha value is -0.170. The lowest BCUT2D eigenvalue weighted by atomic mass is 10.1. The molecule has 1 N–H and O–H groups in total. The van der Waals surface area contributed by atoms with E-state index in [9.17, 15) is 8.42 Å². The minimum atomic E-state index is -3.24. The van der Waals surface area contributed by atoms with Crippen LogP contribution in [-0.4, -0.2) is 55.9 Å². The van der Waals surface area contributed by atoms with Gasteiger partial charge in [0.1, 0.15) is 0 Å². The monoisotopic (exact) mass is 287 g/mol. The van der Waals surface area contributed by atoms with E-state index in [0.29, 0.717) is 13.1 Å². The van der Waals surface area contributed by atoms with Gasteiger partial charge in [0.2, 0.25) is 0 Å². The van der Waals surface area contributed by atoms with Gasteiger partial charge in [-0.1, -0.05) is 6.42 Å². The lowest BCUT2D eigenvalue weighted by Gasteiger charge is -2.34. The van der Waals surface area contributed by atoms with Crippen molar-refractivity contribution in [2.45, 2.75) is 57.0 Å². The highest BCUT2D eigenvalue weighted by Crippen LogP contribution is 2.29. The second-order valence-corrected chi connectivity index (χ2v) is 7.83. The van der Waals surface area contributed by atoms with E-state index in [1.807, 2.05) is 0 Å². The quantitative estimate of drug-likeness (QED) is 0.837. The zero-order chi connectivity index (χ0) is 13.3. The third-order valence-electron chi connectivity index (χ3n) is 4.56. The Labute approximate surface area is 116 Å². The standard InChI is InChI=1S/C13H25N3O2S/c17-19(18,16-8-2-1-3-9-16)14-12-6-10-15(11-7-12)13-4-5-13/h12-14H,1-11H2. The molecule has 0 bridgehead atoms. The topological polar surface area (TPSA) is 52.7 Å². The highest BCUT2D eigenvalue weighted by atomic mass is 32.2. The van der Waals surface area contributed by atoms with Crippen molar-refractivity contribution in [1.29, 1.82) is 0 Å². The Balaban J connectivity index is 1.50. The Morgan fingerprint density at radius 3 is 2.05 bits per heavy atom. The molecule has 1 saturated carbocycles. The molecule has 6 heteroatoms. The zero-order valence-electron chi connectivity index (χ0n) is 11.6. The molecule has 0 unspecified atom stereocenters. The van der Waals surface area contributed by atoms with E-state index in [4.69, 9.17) is 0 Å². The lowest BCUT2D eigenvalue weighted by molar-refractivity contribution is 0.197. The molecule has 3 rings (SSSR count). The summed E-state index contributed by atoms with van der Waals surface area (Å²) >= 11 is 0. The van der Waals surface area contributed by atoms with Crippen LogP contribution in [0, 0.1) is 0 Å². The van der Waals surface area contributed by atoms with Gasteiger partial charge in [-0.3, -0.25) is 0 Å². The zero-order valence-corrected chi connectivity index (χ0v) is 12.4. The molecule has 0 aromatic rings. The lowest BCUT2D eigenvalue weighted by Crippen LogP contribution is -2.50. The van der Waals surface area contributed by atoms with Crippen LogP contribution in [0.5, 0.6) is 0 Å².